The molecule has 2 aromatic carbocycles. The molecule has 0 amide bonds. The van der Waals surface area contributed by atoms with Gasteiger partial charge in [0.15, 0.2) is 11.5 Å². The smallest absolute Gasteiger partial charge is 0.244 e. The topological polar surface area (TPSA) is 83.8 Å². The van der Waals surface area contributed by atoms with Gasteiger partial charge in [0.1, 0.15) is 6.04 Å². The number of hydrogen-bond donors (Lipinski definition) is 0. The van der Waals surface area contributed by atoms with Gasteiger partial charge in [0.05, 0.1) is 43.8 Å². The summed E-state index contributed by atoms with van der Waals surface area (Å²) in [5.74, 6) is 1.50. The van der Waals surface area contributed by atoms with Crippen LogP contribution in [0.5, 0.6) is 11.5 Å². The zero-order chi connectivity index (χ0) is 21.9. The molecule has 1 saturated heterocycles. The van der Waals surface area contributed by atoms with Crippen molar-refractivity contribution in [1.82, 2.24) is 9.31 Å². The second kappa shape index (κ2) is 7.36. The molecule has 0 saturated carbocycles. The van der Waals surface area contributed by atoms with Crippen LogP contribution in [0.15, 0.2) is 51.6 Å². The van der Waals surface area contributed by atoms with Gasteiger partial charge in [-0.15, -0.1) is 11.6 Å². The van der Waals surface area contributed by atoms with Crippen LogP contribution in [-0.2, 0) is 10.0 Å². The van der Waals surface area contributed by atoms with Crippen LogP contribution in [0.4, 0.5) is 0 Å². The van der Waals surface area contributed by atoms with Crippen molar-refractivity contribution in [2.24, 2.45) is 10.3 Å². The Hall–Kier alpha value is -2.36. The van der Waals surface area contributed by atoms with Gasteiger partial charge in [0, 0.05) is 5.88 Å². The van der Waals surface area contributed by atoms with Crippen molar-refractivity contribution in [1.29, 1.82) is 0 Å². The Balaban J connectivity index is 1.68. The maximum Gasteiger partial charge on any atom is 0.244 e. The zero-order valence-corrected chi connectivity index (χ0v) is 19.0. The molecule has 3 heterocycles. The van der Waals surface area contributed by atoms with E-state index in [1.165, 1.54) is 0 Å². The Morgan fingerprint density at radius 3 is 2.23 bits per heavy atom. The predicted molar refractivity (Wildman–Crippen MR) is 115 cm³/mol. The Morgan fingerprint density at radius 1 is 1.03 bits per heavy atom. The second-order valence-electron chi connectivity index (χ2n) is 7.91. The van der Waals surface area contributed by atoms with Crippen molar-refractivity contribution in [3.05, 3.63) is 53.1 Å². The van der Waals surface area contributed by atoms with Crippen LogP contribution in [0, 0.1) is 6.92 Å². The number of alkyl halides is 1. The Morgan fingerprint density at radius 2 is 1.65 bits per heavy atom. The lowest BCUT2D eigenvalue weighted by atomic mass is 9.84. The summed E-state index contributed by atoms with van der Waals surface area (Å²) >= 11 is 5.99. The minimum Gasteiger partial charge on any atom is -0.493 e. The van der Waals surface area contributed by atoms with Crippen LogP contribution in [0.3, 0.4) is 0 Å². The number of methoxy groups -OCH3 is 2. The van der Waals surface area contributed by atoms with E-state index in [2.05, 4.69) is 10.3 Å². The minimum atomic E-state index is -3.79. The van der Waals surface area contributed by atoms with E-state index in [9.17, 15) is 8.42 Å². The number of rotatable bonds is 6. The third-order valence-corrected chi connectivity index (χ3v) is 8.37. The van der Waals surface area contributed by atoms with E-state index in [-0.39, 0.29) is 17.0 Å². The fourth-order valence-corrected chi connectivity index (χ4v) is 6.95. The molecule has 0 N–H and O–H groups in total. The SMILES string of the molecule is COc1cc2c(cc1OC)C1C3C(N=NN3CCCl)C2N1S(=O)(=O)c1ccc(C)cc1. The molecule has 5 rings (SSSR count). The van der Waals surface area contributed by atoms with Crippen molar-refractivity contribution in [2.45, 2.75) is 36.0 Å². The average Bonchev–Trinajstić information content (AvgIpc) is 3.42. The van der Waals surface area contributed by atoms with E-state index < -0.39 is 22.1 Å². The molecule has 4 unspecified atom stereocenters. The summed E-state index contributed by atoms with van der Waals surface area (Å²) in [5.41, 5.74) is 2.78. The monoisotopic (exact) mass is 462 g/mol. The van der Waals surface area contributed by atoms with E-state index in [0.29, 0.717) is 23.9 Å². The van der Waals surface area contributed by atoms with Crippen molar-refractivity contribution in [2.75, 3.05) is 26.6 Å². The van der Waals surface area contributed by atoms with Gasteiger partial charge < -0.3 is 9.47 Å². The molecule has 3 aliphatic heterocycles. The maximum absolute atomic E-state index is 13.8. The number of benzene rings is 2. The summed E-state index contributed by atoms with van der Waals surface area (Å²) in [6, 6.07) is 9.23. The summed E-state index contributed by atoms with van der Waals surface area (Å²) in [6.07, 6.45) is 0. The summed E-state index contributed by atoms with van der Waals surface area (Å²) in [7, 11) is -0.650. The third kappa shape index (κ3) is 2.86. The van der Waals surface area contributed by atoms with E-state index in [1.54, 1.807) is 30.7 Å². The zero-order valence-electron chi connectivity index (χ0n) is 17.4. The molecule has 10 heteroatoms. The fourth-order valence-electron chi connectivity index (χ4n) is 4.98. The molecule has 2 aromatic rings. The van der Waals surface area contributed by atoms with Crippen LogP contribution in [0.25, 0.3) is 0 Å². The summed E-state index contributed by atoms with van der Waals surface area (Å²) in [5, 5.41) is 10.6. The number of fused-ring (bicyclic) bond motifs is 8. The first kappa shape index (κ1) is 20.5. The summed E-state index contributed by atoms with van der Waals surface area (Å²) in [4.78, 5) is 0.264. The standard InChI is InChI=1S/C21H23ClN4O4S/c1-12-4-6-13(7-5-12)31(27,28)26-19-14-10-16(29-2)17(30-3)11-15(14)20(26)21-18(19)23-24-25(21)9-8-22/h4-7,10-11,18-21H,8-9H2,1-3H3. The highest BCUT2D eigenvalue weighted by Crippen LogP contribution is 2.61. The van der Waals surface area contributed by atoms with Gasteiger partial charge in [-0.3, -0.25) is 5.01 Å². The molecule has 31 heavy (non-hydrogen) atoms. The minimum absolute atomic E-state index is 0.213. The number of ether oxygens (including phenoxy) is 2. The second-order valence-corrected chi connectivity index (χ2v) is 10.1. The quantitative estimate of drug-likeness (QED) is 0.614. The van der Waals surface area contributed by atoms with Gasteiger partial charge in [0.25, 0.3) is 0 Å². The maximum atomic E-state index is 13.8. The van der Waals surface area contributed by atoms with E-state index in [1.807, 2.05) is 36.2 Å². The van der Waals surface area contributed by atoms with Gasteiger partial charge in [-0.05, 0) is 42.3 Å². The van der Waals surface area contributed by atoms with Crippen molar-refractivity contribution in [3.63, 3.8) is 0 Å². The van der Waals surface area contributed by atoms with Crippen LogP contribution in [-0.4, -0.2) is 56.5 Å². The van der Waals surface area contributed by atoms with Gasteiger partial charge in [-0.25, -0.2) is 8.42 Å². The Labute approximate surface area is 186 Å². The Kier molecular flexibility index (Phi) is 4.87. The van der Waals surface area contributed by atoms with Gasteiger partial charge in [0.2, 0.25) is 10.0 Å². The highest BCUT2D eigenvalue weighted by molar-refractivity contribution is 7.89. The molecule has 2 bridgehead atoms. The molecule has 3 aliphatic rings. The highest BCUT2D eigenvalue weighted by Gasteiger charge is 2.64. The molecule has 0 radical (unpaired) electrons. The molecular weight excluding hydrogens is 440 g/mol. The number of nitrogens with zero attached hydrogens (tertiary/aromatic N) is 4. The van der Waals surface area contributed by atoms with Gasteiger partial charge in [-0.2, -0.15) is 9.42 Å². The molecule has 1 fully saturated rings. The van der Waals surface area contributed by atoms with Crippen molar-refractivity contribution >= 4 is 21.6 Å². The molecule has 0 spiro atoms. The molecule has 0 aliphatic carbocycles. The Bertz CT molecular complexity index is 1150. The predicted octanol–water partition coefficient (Wildman–Crippen LogP) is 3.47. The van der Waals surface area contributed by atoms with Crippen LogP contribution < -0.4 is 9.47 Å². The summed E-state index contributed by atoms with van der Waals surface area (Å²) in [6.45, 7) is 2.43. The van der Waals surface area contributed by atoms with Crippen molar-refractivity contribution < 1.29 is 17.9 Å². The number of halogens is 1. The molecule has 8 nitrogen and oxygen atoms in total. The number of sulfonamides is 1. The van der Waals surface area contributed by atoms with Gasteiger partial charge in [-0.1, -0.05) is 22.9 Å². The fraction of sp³-hybridized carbons (Fsp3) is 0.429. The largest absolute Gasteiger partial charge is 0.493 e. The number of hydrogen-bond acceptors (Lipinski definition) is 7. The van der Waals surface area contributed by atoms with E-state index >= 15 is 0 Å². The van der Waals surface area contributed by atoms with Crippen molar-refractivity contribution in [3.8, 4) is 11.5 Å². The lowest BCUT2D eigenvalue weighted by Crippen LogP contribution is -2.40. The van der Waals surface area contributed by atoms with Crippen LogP contribution >= 0.6 is 11.6 Å². The first-order valence-electron chi connectivity index (χ1n) is 10.0. The third-order valence-electron chi connectivity index (χ3n) is 6.33. The lowest BCUT2D eigenvalue weighted by Gasteiger charge is -2.30. The first-order chi connectivity index (χ1) is 14.9. The average molecular weight is 463 g/mol. The molecule has 0 aromatic heterocycles. The molecular formula is C21H23ClN4O4S. The summed E-state index contributed by atoms with van der Waals surface area (Å²) < 4.78 is 40.2. The van der Waals surface area contributed by atoms with Crippen LogP contribution in [0.2, 0.25) is 0 Å². The van der Waals surface area contributed by atoms with Crippen LogP contribution in [0.1, 0.15) is 28.8 Å². The van der Waals surface area contributed by atoms with E-state index in [0.717, 1.165) is 16.7 Å². The lowest BCUT2D eigenvalue weighted by molar-refractivity contribution is 0.199. The molecule has 164 valence electrons. The first-order valence-corrected chi connectivity index (χ1v) is 12.0. The van der Waals surface area contributed by atoms with Gasteiger partial charge >= 0.3 is 0 Å². The van der Waals surface area contributed by atoms with E-state index in [4.69, 9.17) is 21.1 Å². The normalized spacial score (nSPS) is 26.3. The highest BCUT2D eigenvalue weighted by atomic mass is 35.5. The number of aryl methyl sites for hydroxylation is 1. The molecule has 4 atom stereocenters.